The molecule has 9 heteroatoms. The summed E-state index contributed by atoms with van der Waals surface area (Å²) in [4.78, 5) is 29.8. The number of hydrogen-bond donors (Lipinski definition) is 1. The third kappa shape index (κ3) is 8.49. The van der Waals surface area contributed by atoms with Crippen LogP contribution in [0.2, 0.25) is 5.02 Å². The van der Waals surface area contributed by atoms with Crippen LogP contribution in [0.25, 0.3) is 0 Å². The van der Waals surface area contributed by atoms with Crippen molar-refractivity contribution in [3.8, 4) is 0 Å². The minimum atomic E-state index is -4.15. The van der Waals surface area contributed by atoms with Gasteiger partial charge >= 0.3 is 0 Å². The largest absolute Gasteiger partial charge is 0.354 e. The molecule has 2 amide bonds. The highest BCUT2D eigenvalue weighted by Crippen LogP contribution is 2.26. The molecule has 0 saturated heterocycles. The highest BCUT2D eigenvalue weighted by molar-refractivity contribution is 7.92. The molecule has 230 valence electrons. The van der Waals surface area contributed by atoms with Gasteiger partial charge in [-0.1, -0.05) is 104 Å². The monoisotopic (exact) mass is 631 g/mol. The molecule has 0 bridgehead atoms. The molecule has 0 aliphatic carbocycles. The van der Waals surface area contributed by atoms with Gasteiger partial charge in [0.25, 0.3) is 10.0 Å². The Labute approximate surface area is 265 Å². The Morgan fingerprint density at radius 1 is 0.841 bits per heavy atom. The number of hydrogen-bond acceptors (Lipinski definition) is 4. The van der Waals surface area contributed by atoms with Gasteiger partial charge in [0.05, 0.1) is 10.6 Å². The predicted octanol–water partition coefficient (Wildman–Crippen LogP) is 6.26. The van der Waals surface area contributed by atoms with Crippen molar-refractivity contribution in [3.63, 3.8) is 0 Å². The molecule has 0 radical (unpaired) electrons. The number of aryl methyl sites for hydroxylation is 1. The molecule has 0 fully saturated rings. The van der Waals surface area contributed by atoms with E-state index in [1.165, 1.54) is 17.0 Å². The van der Waals surface area contributed by atoms with Crippen molar-refractivity contribution in [1.82, 2.24) is 10.2 Å². The van der Waals surface area contributed by atoms with Crippen LogP contribution in [0.3, 0.4) is 0 Å². The van der Waals surface area contributed by atoms with Crippen molar-refractivity contribution < 1.29 is 18.0 Å². The number of anilines is 1. The summed E-state index contributed by atoms with van der Waals surface area (Å²) in [5.74, 6) is -0.667. The van der Waals surface area contributed by atoms with E-state index in [9.17, 15) is 18.0 Å². The van der Waals surface area contributed by atoms with Gasteiger partial charge < -0.3 is 10.2 Å². The van der Waals surface area contributed by atoms with Crippen molar-refractivity contribution in [3.05, 3.63) is 131 Å². The Bertz CT molecular complexity index is 1660. The Morgan fingerprint density at radius 3 is 2.11 bits per heavy atom. The van der Waals surface area contributed by atoms with Crippen molar-refractivity contribution >= 4 is 39.1 Å². The topological polar surface area (TPSA) is 86.8 Å². The maximum Gasteiger partial charge on any atom is 0.264 e. The van der Waals surface area contributed by atoms with E-state index in [1.54, 1.807) is 54.6 Å². The highest BCUT2D eigenvalue weighted by Gasteiger charge is 2.35. The number of benzene rings is 4. The maximum absolute atomic E-state index is 14.5. The molecular weight excluding hydrogens is 594 g/mol. The first kappa shape index (κ1) is 32.8. The van der Waals surface area contributed by atoms with Crippen molar-refractivity contribution in [2.75, 3.05) is 17.4 Å². The summed E-state index contributed by atoms with van der Waals surface area (Å²) < 4.78 is 29.2. The van der Waals surface area contributed by atoms with Gasteiger partial charge in [-0.2, -0.15) is 0 Å². The van der Waals surface area contributed by atoms with E-state index < -0.39 is 28.5 Å². The molecular formula is C35H38ClN3O4S. The van der Waals surface area contributed by atoms with Gasteiger partial charge in [-0.15, -0.1) is 0 Å². The first-order chi connectivity index (χ1) is 21.1. The van der Waals surface area contributed by atoms with Crippen LogP contribution in [0.5, 0.6) is 0 Å². The van der Waals surface area contributed by atoms with E-state index in [-0.39, 0.29) is 29.7 Å². The smallest absolute Gasteiger partial charge is 0.264 e. The van der Waals surface area contributed by atoms with Gasteiger partial charge in [-0.3, -0.25) is 13.9 Å². The first-order valence-electron chi connectivity index (χ1n) is 14.5. The van der Waals surface area contributed by atoms with Crippen LogP contribution in [-0.4, -0.2) is 44.3 Å². The fraction of sp³-hybridized carbons (Fsp3) is 0.257. The van der Waals surface area contributed by atoms with E-state index in [0.29, 0.717) is 22.8 Å². The van der Waals surface area contributed by atoms with Crippen LogP contribution in [0.15, 0.2) is 114 Å². The normalized spacial score (nSPS) is 12.0. The van der Waals surface area contributed by atoms with Gasteiger partial charge in [0.1, 0.15) is 12.6 Å². The van der Waals surface area contributed by atoms with Gasteiger partial charge in [-0.05, 0) is 59.9 Å². The molecule has 1 N–H and O–H groups in total. The predicted molar refractivity (Wildman–Crippen MR) is 176 cm³/mol. The summed E-state index contributed by atoms with van der Waals surface area (Å²) in [7, 11) is -4.15. The second-order valence-corrected chi connectivity index (χ2v) is 13.4. The fourth-order valence-electron chi connectivity index (χ4n) is 4.82. The van der Waals surface area contributed by atoms with Crippen LogP contribution in [0, 0.1) is 12.8 Å². The summed E-state index contributed by atoms with van der Waals surface area (Å²) in [6.45, 7) is 5.76. The van der Waals surface area contributed by atoms with Crippen LogP contribution >= 0.6 is 11.6 Å². The van der Waals surface area contributed by atoms with Crippen LogP contribution in [0.1, 0.15) is 30.5 Å². The molecule has 7 nitrogen and oxygen atoms in total. The number of sulfonamides is 1. The van der Waals surface area contributed by atoms with Gasteiger partial charge in [0.2, 0.25) is 11.8 Å². The van der Waals surface area contributed by atoms with Crippen LogP contribution in [0.4, 0.5) is 5.69 Å². The maximum atomic E-state index is 14.5. The lowest BCUT2D eigenvalue weighted by Crippen LogP contribution is -2.53. The average Bonchev–Trinajstić information content (AvgIpc) is 3.02. The first-order valence-corrected chi connectivity index (χ1v) is 16.4. The zero-order valence-corrected chi connectivity index (χ0v) is 26.8. The quantitative estimate of drug-likeness (QED) is 0.189. The van der Waals surface area contributed by atoms with Gasteiger partial charge in [0.15, 0.2) is 0 Å². The molecule has 44 heavy (non-hydrogen) atoms. The van der Waals surface area contributed by atoms with Crippen molar-refractivity contribution in [1.29, 1.82) is 0 Å². The molecule has 0 heterocycles. The number of rotatable bonds is 13. The summed E-state index contributed by atoms with van der Waals surface area (Å²) in [6.07, 6.45) is 0.233. The van der Waals surface area contributed by atoms with E-state index >= 15 is 0 Å². The molecule has 1 atom stereocenters. The lowest BCUT2D eigenvalue weighted by molar-refractivity contribution is -0.140. The SMILES string of the molecule is Cc1cccc(N(CC(=O)N(Cc2ccccc2Cl)C(Cc2ccccc2)C(=O)NCC(C)C)S(=O)(=O)c2ccccc2)c1. The molecule has 0 spiro atoms. The lowest BCUT2D eigenvalue weighted by atomic mass is 10.0. The number of carbonyl (C=O) groups excluding carboxylic acids is 2. The summed E-state index contributed by atoms with van der Waals surface area (Å²) in [5.41, 5.74) is 2.70. The molecule has 1 unspecified atom stereocenters. The molecule has 0 aliphatic rings. The van der Waals surface area contributed by atoms with E-state index in [4.69, 9.17) is 11.6 Å². The van der Waals surface area contributed by atoms with Gasteiger partial charge in [-0.25, -0.2) is 8.42 Å². The third-order valence-electron chi connectivity index (χ3n) is 7.15. The lowest BCUT2D eigenvalue weighted by Gasteiger charge is -2.34. The number of nitrogens with one attached hydrogen (secondary N) is 1. The minimum absolute atomic E-state index is 0.0121. The Hall–Kier alpha value is -4.14. The summed E-state index contributed by atoms with van der Waals surface area (Å²) >= 11 is 6.55. The number of carbonyl (C=O) groups is 2. The van der Waals surface area contributed by atoms with Gasteiger partial charge in [0, 0.05) is 24.5 Å². The van der Waals surface area contributed by atoms with Crippen LogP contribution in [-0.2, 0) is 32.6 Å². The molecule has 0 aliphatic heterocycles. The van der Waals surface area contributed by atoms with Crippen molar-refractivity contribution in [2.24, 2.45) is 5.92 Å². The third-order valence-corrected chi connectivity index (χ3v) is 9.31. The zero-order valence-electron chi connectivity index (χ0n) is 25.2. The second kappa shape index (κ2) is 15.0. The molecule has 4 rings (SSSR count). The molecule has 0 aromatic heterocycles. The second-order valence-electron chi connectivity index (χ2n) is 11.1. The standard InChI is InChI=1S/C35H38ClN3O4S/c1-26(2)23-37-35(41)33(22-28-14-6-4-7-15-28)38(24-29-16-10-11-20-32(29)36)34(40)25-39(30-17-12-13-27(3)21-30)44(42,43)31-18-8-5-9-19-31/h4-21,26,33H,22-25H2,1-3H3,(H,37,41). The molecule has 4 aromatic carbocycles. The fourth-order valence-corrected chi connectivity index (χ4v) is 6.44. The highest BCUT2D eigenvalue weighted by atomic mass is 35.5. The average molecular weight is 632 g/mol. The molecule has 4 aromatic rings. The molecule has 0 saturated carbocycles. The van der Waals surface area contributed by atoms with Crippen molar-refractivity contribution in [2.45, 2.75) is 44.7 Å². The van der Waals surface area contributed by atoms with Crippen LogP contribution < -0.4 is 9.62 Å². The number of nitrogens with zero attached hydrogens (tertiary/aromatic N) is 2. The Balaban J connectivity index is 1.80. The van der Waals surface area contributed by atoms with E-state index in [2.05, 4.69) is 5.32 Å². The summed E-state index contributed by atoms with van der Waals surface area (Å²) in [6, 6.07) is 30.7. The number of halogens is 1. The Morgan fingerprint density at radius 2 is 1.48 bits per heavy atom. The zero-order chi connectivity index (χ0) is 31.7. The van der Waals surface area contributed by atoms with E-state index in [0.717, 1.165) is 15.4 Å². The Kier molecular flexibility index (Phi) is 11.2. The minimum Gasteiger partial charge on any atom is -0.354 e. The number of amides is 2. The van der Waals surface area contributed by atoms with E-state index in [1.807, 2.05) is 63.2 Å². The summed E-state index contributed by atoms with van der Waals surface area (Å²) in [5, 5.41) is 3.43.